The smallest absolute Gasteiger partial charge is 0.251 e. The molecule has 0 saturated heterocycles. The van der Waals surface area contributed by atoms with Gasteiger partial charge in [-0.25, -0.2) is 0 Å². The van der Waals surface area contributed by atoms with E-state index >= 15 is 0 Å². The van der Waals surface area contributed by atoms with Gasteiger partial charge in [-0.15, -0.1) is 24.0 Å². The van der Waals surface area contributed by atoms with Crippen LogP contribution in [0, 0.1) is 5.92 Å². The van der Waals surface area contributed by atoms with E-state index in [9.17, 15) is 4.79 Å². The van der Waals surface area contributed by atoms with Gasteiger partial charge in [-0.2, -0.15) is 0 Å². The molecule has 0 heterocycles. The molecular formula is C22H38IN5O. The van der Waals surface area contributed by atoms with Crippen LogP contribution < -0.4 is 16.0 Å². The first kappa shape index (κ1) is 25.7. The lowest BCUT2D eigenvalue weighted by molar-refractivity contribution is 0.0963. The summed E-state index contributed by atoms with van der Waals surface area (Å²) in [5.74, 6) is 1.55. The molecule has 3 N–H and O–H groups in total. The summed E-state index contributed by atoms with van der Waals surface area (Å²) in [7, 11) is 7.82. The third-order valence-corrected chi connectivity index (χ3v) is 5.68. The number of carbonyl (C=O) groups excluding carboxylic acids is 1. The Balaban J connectivity index is 0.00000420. The highest BCUT2D eigenvalue weighted by molar-refractivity contribution is 14.0. The zero-order chi connectivity index (χ0) is 20.4. The maximum atomic E-state index is 11.8. The second-order valence-corrected chi connectivity index (χ2v) is 7.84. The molecule has 29 heavy (non-hydrogen) atoms. The molecule has 0 aromatic heterocycles. The maximum Gasteiger partial charge on any atom is 0.251 e. The molecule has 0 bridgehead atoms. The van der Waals surface area contributed by atoms with Crippen LogP contribution in [0.3, 0.4) is 0 Å². The van der Waals surface area contributed by atoms with Gasteiger partial charge in [-0.3, -0.25) is 9.79 Å². The lowest BCUT2D eigenvalue weighted by Gasteiger charge is -2.35. The highest BCUT2D eigenvalue weighted by atomic mass is 127. The van der Waals surface area contributed by atoms with Gasteiger partial charge in [-0.05, 0) is 57.0 Å². The van der Waals surface area contributed by atoms with Crippen LogP contribution in [-0.2, 0) is 6.42 Å². The van der Waals surface area contributed by atoms with Gasteiger partial charge >= 0.3 is 0 Å². The van der Waals surface area contributed by atoms with E-state index in [4.69, 9.17) is 0 Å². The number of aliphatic imine (C=N–C) groups is 1. The van der Waals surface area contributed by atoms with Crippen molar-refractivity contribution in [1.82, 2.24) is 20.9 Å². The predicted molar refractivity (Wildman–Crippen MR) is 132 cm³/mol. The number of nitrogens with one attached hydrogen (secondary N) is 3. The van der Waals surface area contributed by atoms with E-state index in [1.54, 1.807) is 7.05 Å². The van der Waals surface area contributed by atoms with Crippen LogP contribution in [-0.4, -0.2) is 64.1 Å². The fourth-order valence-electron chi connectivity index (χ4n) is 4.05. The van der Waals surface area contributed by atoms with E-state index in [-0.39, 0.29) is 29.9 Å². The molecule has 1 aliphatic rings. The number of hydrogen-bond acceptors (Lipinski definition) is 3. The van der Waals surface area contributed by atoms with Crippen molar-refractivity contribution in [1.29, 1.82) is 0 Å². The SMILES string of the molecule is CN=C(NCCc1cccc(C(=O)NC)c1)NCC(C1CCCCC1)N(C)C.I. The van der Waals surface area contributed by atoms with Crippen molar-refractivity contribution in [2.45, 2.75) is 44.6 Å². The van der Waals surface area contributed by atoms with E-state index in [0.717, 1.165) is 37.0 Å². The van der Waals surface area contributed by atoms with E-state index < -0.39 is 0 Å². The van der Waals surface area contributed by atoms with Gasteiger partial charge in [0.1, 0.15) is 0 Å². The first-order valence-corrected chi connectivity index (χ1v) is 10.5. The fraction of sp³-hybridized carbons (Fsp3) is 0.636. The molecule has 1 saturated carbocycles. The Morgan fingerprint density at radius 2 is 1.93 bits per heavy atom. The number of likely N-dealkylation sites (N-methyl/N-ethyl adjacent to an activating group) is 1. The summed E-state index contributed by atoms with van der Waals surface area (Å²) in [5, 5.41) is 9.57. The molecule has 1 aromatic rings. The second-order valence-electron chi connectivity index (χ2n) is 7.84. The molecule has 6 nitrogen and oxygen atoms in total. The van der Waals surface area contributed by atoms with Crippen LogP contribution in [0.4, 0.5) is 0 Å². The van der Waals surface area contributed by atoms with Crippen LogP contribution in [0.25, 0.3) is 0 Å². The lowest BCUT2D eigenvalue weighted by atomic mass is 9.83. The van der Waals surface area contributed by atoms with Crippen molar-refractivity contribution < 1.29 is 4.79 Å². The first-order chi connectivity index (χ1) is 13.5. The Morgan fingerprint density at radius 3 is 2.55 bits per heavy atom. The molecule has 0 radical (unpaired) electrons. The van der Waals surface area contributed by atoms with Crippen molar-refractivity contribution in [3.63, 3.8) is 0 Å². The Hall–Kier alpha value is -1.35. The quantitative estimate of drug-likeness (QED) is 0.283. The number of carbonyl (C=O) groups is 1. The van der Waals surface area contributed by atoms with Gasteiger partial charge in [0.2, 0.25) is 0 Å². The molecule has 0 spiro atoms. The molecule has 2 rings (SSSR count). The van der Waals surface area contributed by atoms with Crippen LogP contribution in [0.1, 0.15) is 48.0 Å². The minimum absolute atomic E-state index is 0. The summed E-state index contributed by atoms with van der Waals surface area (Å²) in [4.78, 5) is 18.5. The number of nitrogens with zero attached hydrogens (tertiary/aromatic N) is 2. The molecule has 1 fully saturated rings. The molecular weight excluding hydrogens is 477 g/mol. The molecule has 1 amide bonds. The Morgan fingerprint density at radius 1 is 1.21 bits per heavy atom. The standard InChI is InChI=1S/C22H37N5O.HI/c1-23-21(28)19-12-8-9-17(15-19)13-14-25-22(24-2)26-16-20(27(3)4)18-10-6-5-7-11-18;/h8-9,12,15,18,20H,5-7,10-11,13-14,16H2,1-4H3,(H,23,28)(H2,24,25,26);1H. The average molecular weight is 515 g/mol. The number of amides is 1. The topological polar surface area (TPSA) is 68.8 Å². The molecule has 1 atom stereocenters. The summed E-state index contributed by atoms with van der Waals surface area (Å²) in [6, 6.07) is 8.29. The molecule has 7 heteroatoms. The molecule has 1 aromatic carbocycles. The van der Waals surface area contributed by atoms with E-state index in [2.05, 4.69) is 46.0 Å². The fourth-order valence-corrected chi connectivity index (χ4v) is 4.05. The average Bonchev–Trinajstić information content (AvgIpc) is 2.72. The van der Waals surface area contributed by atoms with Gasteiger partial charge in [0.25, 0.3) is 5.91 Å². The Kier molecular flexibility index (Phi) is 12.2. The van der Waals surface area contributed by atoms with Crippen LogP contribution in [0.2, 0.25) is 0 Å². The maximum absolute atomic E-state index is 11.8. The summed E-state index contributed by atoms with van der Waals surface area (Å²) in [5.41, 5.74) is 1.83. The minimum atomic E-state index is -0.0512. The van der Waals surface area contributed by atoms with Crippen LogP contribution in [0.5, 0.6) is 0 Å². The summed E-state index contributed by atoms with van der Waals surface area (Å²) in [6.07, 6.45) is 7.60. The Labute approximate surface area is 193 Å². The van der Waals surface area contributed by atoms with Crippen molar-refractivity contribution in [3.8, 4) is 0 Å². The van der Waals surface area contributed by atoms with E-state index in [0.29, 0.717) is 11.6 Å². The molecule has 1 unspecified atom stereocenters. The molecule has 1 aliphatic carbocycles. The molecule has 164 valence electrons. The third-order valence-electron chi connectivity index (χ3n) is 5.68. The zero-order valence-corrected chi connectivity index (χ0v) is 20.7. The van der Waals surface area contributed by atoms with Gasteiger partial charge in [0, 0.05) is 38.8 Å². The minimum Gasteiger partial charge on any atom is -0.356 e. The van der Waals surface area contributed by atoms with Crippen molar-refractivity contribution >= 4 is 35.8 Å². The number of hydrogen-bond donors (Lipinski definition) is 3. The monoisotopic (exact) mass is 515 g/mol. The number of rotatable bonds is 8. The summed E-state index contributed by atoms with van der Waals surface area (Å²) in [6.45, 7) is 1.68. The van der Waals surface area contributed by atoms with Gasteiger partial charge < -0.3 is 20.9 Å². The first-order valence-electron chi connectivity index (χ1n) is 10.5. The number of halogens is 1. The molecule has 0 aliphatic heterocycles. The van der Waals surface area contributed by atoms with Crippen molar-refractivity contribution in [3.05, 3.63) is 35.4 Å². The van der Waals surface area contributed by atoms with Crippen LogP contribution in [0.15, 0.2) is 29.3 Å². The predicted octanol–water partition coefficient (Wildman–Crippen LogP) is 2.88. The van der Waals surface area contributed by atoms with Gasteiger partial charge in [-0.1, -0.05) is 31.4 Å². The highest BCUT2D eigenvalue weighted by Gasteiger charge is 2.25. The van der Waals surface area contributed by atoms with Gasteiger partial charge in [0.15, 0.2) is 5.96 Å². The van der Waals surface area contributed by atoms with Crippen molar-refractivity contribution in [2.75, 3.05) is 41.3 Å². The largest absolute Gasteiger partial charge is 0.356 e. The number of guanidine groups is 1. The number of benzene rings is 1. The van der Waals surface area contributed by atoms with Gasteiger partial charge in [0.05, 0.1) is 0 Å². The lowest BCUT2D eigenvalue weighted by Crippen LogP contribution is -2.48. The second kappa shape index (κ2) is 13.8. The normalized spacial score (nSPS) is 16.1. The Bertz CT molecular complexity index is 644. The van der Waals surface area contributed by atoms with Crippen LogP contribution >= 0.6 is 24.0 Å². The third kappa shape index (κ3) is 8.50. The summed E-state index contributed by atoms with van der Waals surface area (Å²) < 4.78 is 0. The van der Waals surface area contributed by atoms with E-state index in [1.165, 1.54) is 32.1 Å². The van der Waals surface area contributed by atoms with Crippen molar-refractivity contribution in [2.24, 2.45) is 10.9 Å². The zero-order valence-electron chi connectivity index (χ0n) is 18.3. The highest BCUT2D eigenvalue weighted by Crippen LogP contribution is 2.28. The summed E-state index contributed by atoms with van der Waals surface area (Å²) >= 11 is 0. The van der Waals surface area contributed by atoms with E-state index in [1.807, 2.05) is 25.2 Å².